The number of anilines is 1. The summed E-state index contributed by atoms with van der Waals surface area (Å²) in [5, 5.41) is 0.00802. The fourth-order valence-electron chi connectivity index (χ4n) is 1.27. The predicted octanol–water partition coefficient (Wildman–Crippen LogP) is 2.66. The molecule has 0 bridgehead atoms. The van der Waals surface area contributed by atoms with E-state index in [1.54, 1.807) is 0 Å². The summed E-state index contributed by atoms with van der Waals surface area (Å²) in [6, 6.07) is 3.02. The minimum Gasteiger partial charge on any atom is -0.394 e. The molecule has 0 aliphatic rings. The Hall–Kier alpha value is -1.75. The molecule has 2 N–H and O–H groups in total. The monoisotopic (exact) mass is 241 g/mol. The largest absolute Gasteiger partial charge is 0.394 e. The van der Waals surface area contributed by atoms with E-state index < -0.39 is 11.6 Å². The van der Waals surface area contributed by atoms with Crippen molar-refractivity contribution in [3.05, 3.63) is 41.3 Å². The maximum atomic E-state index is 13.4. The molecule has 1 heterocycles. The first-order valence-electron chi connectivity index (χ1n) is 4.31. The van der Waals surface area contributed by atoms with Gasteiger partial charge in [-0.05, 0) is 18.2 Å². The highest BCUT2D eigenvalue weighted by Gasteiger charge is 2.13. The molecule has 0 unspecified atom stereocenters. The molecule has 0 saturated heterocycles. The highest BCUT2D eigenvalue weighted by atomic mass is 35.5. The van der Waals surface area contributed by atoms with Gasteiger partial charge in [-0.2, -0.15) is 0 Å². The minimum atomic E-state index is -0.622. The Balaban J connectivity index is 2.67. The quantitative estimate of drug-likeness (QED) is 0.781. The summed E-state index contributed by atoms with van der Waals surface area (Å²) in [4.78, 5) is 7.41. The third-order valence-corrected chi connectivity index (χ3v) is 2.32. The Morgan fingerprint density at radius 2 is 1.94 bits per heavy atom. The molecule has 1 aromatic heterocycles. The van der Waals surface area contributed by atoms with Crippen LogP contribution in [0.2, 0.25) is 5.15 Å². The van der Waals surface area contributed by atoms with Crippen LogP contribution in [0, 0.1) is 11.6 Å². The number of halogens is 3. The topological polar surface area (TPSA) is 51.8 Å². The molecule has 1 aromatic carbocycles. The number of rotatable bonds is 1. The van der Waals surface area contributed by atoms with Crippen molar-refractivity contribution in [2.24, 2.45) is 0 Å². The Labute approximate surface area is 94.9 Å². The molecule has 2 aromatic rings. The van der Waals surface area contributed by atoms with Gasteiger partial charge in [-0.1, -0.05) is 11.6 Å². The van der Waals surface area contributed by atoms with Gasteiger partial charge in [0.1, 0.15) is 23.7 Å². The van der Waals surface area contributed by atoms with Crippen LogP contribution in [-0.4, -0.2) is 9.97 Å². The van der Waals surface area contributed by atoms with Crippen LogP contribution < -0.4 is 5.73 Å². The molecule has 0 atom stereocenters. The maximum Gasteiger partial charge on any atom is 0.155 e. The van der Waals surface area contributed by atoms with Gasteiger partial charge < -0.3 is 5.73 Å². The molecule has 2 rings (SSSR count). The molecule has 0 radical (unpaired) electrons. The number of nitrogens with two attached hydrogens (primary N) is 1. The SMILES string of the molecule is Nc1c(Cl)ncnc1-c1cc(F)ccc1F. The summed E-state index contributed by atoms with van der Waals surface area (Å²) in [5.74, 6) is -1.20. The normalized spacial score (nSPS) is 10.4. The van der Waals surface area contributed by atoms with Crippen LogP contribution in [0.1, 0.15) is 0 Å². The standard InChI is InChI=1S/C10H6ClF2N3/c11-10-8(14)9(15-4-16-10)6-3-5(12)1-2-7(6)13/h1-4H,14H2. The van der Waals surface area contributed by atoms with E-state index in [0.29, 0.717) is 0 Å². The fraction of sp³-hybridized carbons (Fsp3) is 0. The number of nitrogen functional groups attached to an aromatic ring is 1. The number of aromatic nitrogens is 2. The Bertz CT molecular complexity index is 546. The van der Waals surface area contributed by atoms with Crippen molar-refractivity contribution in [1.82, 2.24) is 9.97 Å². The number of nitrogens with zero attached hydrogens (tertiary/aromatic N) is 2. The molecule has 0 amide bonds. The highest BCUT2D eigenvalue weighted by Crippen LogP contribution is 2.29. The third kappa shape index (κ3) is 1.81. The van der Waals surface area contributed by atoms with Crippen molar-refractivity contribution >= 4 is 17.3 Å². The third-order valence-electron chi connectivity index (χ3n) is 2.02. The minimum absolute atomic E-state index is 0.00802. The molecule has 0 saturated carbocycles. The second-order valence-electron chi connectivity index (χ2n) is 3.05. The molecule has 0 spiro atoms. The summed E-state index contributed by atoms with van der Waals surface area (Å²) in [5.41, 5.74) is 5.65. The first-order valence-corrected chi connectivity index (χ1v) is 4.69. The zero-order chi connectivity index (χ0) is 11.7. The van der Waals surface area contributed by atoms with E-state index in [2.05, 4.69) is 9.97 Å². The molecule has 6 heteroatoms. The summed E-state index contributed by atoms with van der Waals surface area (Å²) in [6.45, 7) is 0. The van der Waals surface area contributed by atoms with Gasteiger partial charge in [-0.15, -0.1) is 0 Å². The van der Waals surface area contributed by atoms with Gasteiger partial charge in [0, 0.05) is 5.56 Å². The van der Waals surface area contributed by atoms with Gasteiger partial charge in [0.05, 0.1) is 5.69 Å². The van der Waals surface area contributed by atoms with Gasteiger partial charge in [-0.25, -0.2) is 18.7 Å². The Morgan fingerprint density at radius 1 is 1.19 bits per heavy atom. The Kier molecular flexibility index (Phi) is 2.70. The fourth-order valence-corrected chi connectivity index (χ4v) is 1.40. The van der Waals surface area contributed by atoms with E-state index in [4.69, 9.17) is 17.3 Å². The van der Waals surface area contributed by atoms with E-state index in [9.17, 15) is 8.78 Å². The Morgan fingerprint density at radius 3 is 2.69 bits per heavy atom. The zero-order valence-corrected chi connectivity index (χ0v) is 8.67. The molecule has 0 aliphatic carbocycles. The van der Waals surface area contributed by atoms with Crippen molar-refractivity contribution in [2.75, 3.05) is 5.73 Å². The predicted molar refractivity (Wildman–Crippen MR) is 56.8 cm³/mol. The summed E-state index contributed by atoms with van der Waals surface area (Å²) in [6.07, 6.45) is 1.14. The van der Waals surface area contributed by atoms with Crippen LogP contribution in [0.15, 0.2) is 24.5 Å². The average molecular weight is 242 g/mol. The molecule has 16 heavy (non-hydrogen) atoms. The van der Waals surface area contributed by atoms with Crippen molar-refractivity contribution in [1.29, 1.82) is 0 Å². The van der Waals surface area contributed by atoms with Crippen molar-refractivity contribution in [2.45, 2.75) is 0 Å². The summed E-state index contributed by atoms with van der Waals surface area (Å²) in [7, 11) is 0. The van der Waals surface area contributed by atoms with Gasteiger partial charge in [-0.3, -0.25) is 0 Å². The van der Waals surface area contributed by atoms with Gasteiger partial charge >= 0.3 is 0 Å². The first-order chi connectivity index (χ1) is 7.59. The molecule has 0 fully saturated rings. The molecular formula is C10H6ClF2N3. The second kappa shape index (κ2) is 4.02. The second-order valence-corrected chi connectivity index (χ2v) is 3.41. The molecule has 3 nitrogen and oxygen atoms in total. The highest BCUT2D eigenvalue weighted by molar-refractivity contribution is 6.32. The van der Waals surface area contributed by atoms with E-state index in [-0.39, 0.29) is 22.1 Å². The van der Waals surface area contributed by atoms with E-state index in [0.717, 1.165) is 24.5 Å². The number of hydrogen-bond donors (Lipinski definition) is 1. The summed E-state index contributed by atoms with van der Waals surface area (Å²) < 4.78 is 26.4. The van der Waals surface area contributed by atoms with Gasteiger partial charge in [0.25, 0.3) is 0 Å². The maximum absolute atomic E-state index is 13.4. The number of benzene rings is 1. The van der Waals surface area contributed by atoms with Crippen LogP contribution in [0.5, 0.6) is 0 Å². The lowest BCUT2D eigenvalue weighted by atomic mass is 10.1. The zero-order valence-electron chi connectivity index (χ0n) is 7.92. The van der Waals surface area contributed by atoms with Crippen LogP contribution in [0.3, 0.4) is 0 Å². The first kappa shape index (κ1) is 10.8. The summed E-state index contributed by atoms with van der Waals surface area (Å²) >= 11 is 5.66. The van der Waals surface area contributed by atoms with Crippen molar-refractivity contribution in [3.8, 4) is 11.3 Å². The lowest BCUT2D eigenvalue weighted by Crippen LogP contribution is -1.98. The van der Waals surface area contributed by atoms with Crippen molar-refractivity contribution in [3.63, 3.8) is 0 Å². The van der Waals surface area contributed by atoms with Crippen LogP contribution in [0.25, 0.3) is 11.3 Å². The average Bonchev–Trinajstić information content (AvgIpc) is 2.26. The van der Waals surface area contributed by atoms with Crippen LogP contribution >= 0.6 is 11.6 Å². The lowest BCUT2D eigenvalue weighted by Gasteiger charge is -2.06. The smallest absolute Gasteiger partial charge is 0.155 e. The van der Waals surface area contributed by atoms with Gasteiger partial charge in [0.15, 0.2) is 5.15 Å². The van der Waals surface area contributed by atoms with E-state index in [1.807, 2.05) is 0 Å². The van der Waals surface area contributed by atoms with Crippen LogP contribution in [-0.2, 0) is 0 Å². The molecule has 0 aliphatic heterocycles. The van der Waals surface area contributed by atoms with Crippen molar-refractivity contribution < 1.29 is 8.78 Å². The number of hydrogen-bond acceptors (Lipinski definition) is 3. The molecule has 82 valence electrons. The lowest BCUT2D eigenvalue weighted by molar-refractivity contribution is 0.602. The molecular weight excluding hydrogens is 236 g/mol. The van der Waals surface area contributed by atoms with Crippen LogP contribution in [0.4, 0.5) is 14.5 Å². The van der Waals surface area contributed by atoms with Gasteiger partial charge in [0.2, 0.25) is 0 Å². The van der Waals surface area contributed by atoms with E-state index in [1.165, 1.54) is 0 Å². The van der Waals surface area contributed by atoms with E-state index >= 15 is 0 Å².